The van der Waals surface area contributed by atoms with E-state index >= 15 is 0 Å². The van der Waals surface area contributed by atoms with E-state index in [0.29, 0.717) is 19.4 Å². The second-order valence-electron chi connectivity index (χ2n) is 9.32. The summed E-state index contributed by atoms with van der Waals surface area (Å²) in [6.07, 6.45) is 16.7. The van der Waals surface area contributed by atoms with Gasteiger partial charge in [0, 0.05) is 36.0 Å². The van der Waals surface area contributed by atoms with E-state index in [-0.39, 0.29) is 6.10 Å². The average molecular weight is 439 g/mol. The molecule has 0 amide bonds. The van der Waals surface area contributed by atoms with Crippen molar-refractivity contribution < 1.29 is 9.47 Å². The molecule has 33 heavy (non-hydrogen) atoms. The molecule has 1 fully saturated rings. The molecule has 0 bridgehead atoms. The number of benzene rings is 2. The van der Waals surface area contributed by atoms with Crippen LogP contribution in [0, 0.1) is 5.92 Å². The number of allylic oxidation sites excluding steroid dienone is 6. The molecule has 2 aliphatic carbocycles. The van der Waals surface area contributed by atoms with Crippen molar-refractivity contribution in [2.24, 2.45) is 5.92 Å². The van der Waals surface area contributed by atoms with E-state index in [1.165, 1.54) is 28.1 Å². The summed E-state index contributed by atoms with van der Waals surface area (Å²) in [6, 6.07) is 17.4. The van der Waals surface area contributed by atoms with Crippen LogP contribution in [0.1, 0.15) is 24.0 Å². The van der Waals surface area contributed by atoms with Crippen LogP contribution >= 0.6 is 0 Å². The number of anilines is 1. The van der Waals surface area contributed by atoms with Gasteiger partial charge in [-0.2, -0.15) is 0 Å². The summed E-state index contributed by atoms with van der Waals surface area (Å²) in [5, 5.41) is 0. The first-order valence-corrected chi connectivity index (χ1v) is 12.0. The summed E-state index contributed by atoms with van der Waals surface area (Å²) in [5.41, 5.74) is 6.75. The van der Waals surface area contributed by atoms with E-state index in [1.54, 1.807) is 0 Å². The number of hydrogen-bond donors (Lipinski definition) is 0. The van der Waals surface area contributed by atoms with Crippen LogP contribution in [0.3, 0.4) is 0 Å². The minimum Gasteiger partial charge on any atom is -0.473 e. The standard InChI is InChI=1S/C29H30N2O2/c1-3-7-28-24(5-1)18-30(20-32-28)26-13-9-22(10-14-26)17-23-11-15-27(16-12-23)31-19-25-6-2-4-8-29(25)33-21-31/h1-11,13-15,24,28H,12,16-21H2. The zero-order valence-electron chi connectivity index (χ0n) is 18.9. The van der Waals surface area contributed by atoms with Crippen LogP contribution in [0.25, 0.3) is 0 Å². The van der Waals surface area contributed by atoms with Gasteiger partial charge >= 0.3 is 0 Å². The van der Waals surface area contributed by atoms with Gasteiger partial charge in [-0.05, 0) is 49.1 Å². The maximum Gasteiger partial charge on any atom is 0.161 e. The van der Waals surface area contributed by atoms with Crippen LogP contribution in [0.4, 0.5) is 5.69 Å². The first-order chi connectivity index (χ1) is 16.3. The normalized spacial score (nSPS) is 23.9. The Balaban J connectivity index is 1.07. The highest BCUT2D eigenvalue weighted by molar-refractivity contribution is 5.49. The van der Waals surface area contributed by atoms with Gasteiger partial charge in [0.25, 0.3) is 0 Å². The van der Waals surface area contributed by atoms with Crippen molar-refractivity contribution in [2.75, 3.05) is 24.9 Å². The molecule has 2 atom stereocenters. The fourth-order valence-corrected chi connectivity index (χ4v) is 5.17. The van der Waals surface area contributed by atoms with Gasteiger partial charge in [-0.3, -0.25) is 0 Å². The molecule has 6 rings (SSSR count). The van der Waals surface area contributed by atoms with Gasteiger partial charge in [-0.1, -0.05) is 66.3 Å². The Morgan fingerprint density at radius 3 is 2.61 bits per heavy atom. The van der Waals surface area contributed by atoms with Crippen LogP contribution in [0.5, 0.6) is 5.75 Å². The topological polar surface area (TPSA) is 24.9 Å². The van der Waals surface area contributed by atoms with Crippen molar-refractivity contribution in [3.8, 4) is 5.75 Å². The highest BCUT2D eigenvalue weighted by atomic mass is 16.5. The summed E-state index contributed by atoms with van der Waals surface area (Å²) in [6.45, 7) is 3.23. The molecule has 2 aromatic carbocycles. The minimum absolute atomic E-state index is 0.230. The van der Waals surface area contributed by atoms with E-state index in [4.69, 9.17) is 9.47 Å². The lowest BCUT2D eigenvalue weighted by Gasteiger charge is -2.38. The lowest BCUT2D eigenvalue weighted by molar-refractivity contribution is 0.0300. The molecule has 4 heteroatoms. The zero-order valence-corrected chi connectivity index (χ0v) is 18.9. The SMILES string of the molecule is C1=CC2CN(c3ccc(CC4=CC=C(N5COc6ccccc6C5)CC4)cc3)COC2C=C1. The number of rotatable bonds is 4. The smallest absolute Gasteiger partial charge is 0.161 e. The maximum atomic E-state index is 6.04. The highest BCUT2D eigenvalue weighted by Gasteiger charge is 2.27. The molecule has 4 nitrogen and oxygen atoms in total. The van der Waals surface area contributed by atoms with Crippen LogP contribution in [-0.4, -0.2) is 31.0 Å². The zero-order chi connectivity index (χ0) is 22.0. The monoisotopic (exact) mass is 438 g/mol. The molecule has 0 saturated carbocycles. The molecule has 2 aliphatic heterocycles. The Labute approximate surface area is 196 Å². The second kappa shape index (κ2) is 8.95. The van der Waals surface area contributed by atoms with Crippen molar-refractivity contribution >= 4 is 5.69 Å². The molecule has 0 aromatic heterocycles. The summed E-state index contributed by atoms with van der Waals surface area (Å²) < 4.78 is 12.0. The molecule has 2 unspecified atom stereocenters. The molecule has 1 saturated heterocycles. The Hall–Kier alpha value is -3.24. The van der Waals surface area contributed by atoms with Gasteiger partial charge in [0.05, 0.1) is 6.10 Å². The lowest BCUT2D eigenvalue weighted by Crippen LogP contribution is -2.44. The Morgan fingerprint density at radius 2 is 1.73 bits per heavy atom. The van der Waals surface area contributed by atoms with E-state index in [2.05, 4.69) is 88.7 Å². The molecule has 2 heterocycles. The maximum absolute atomic E-state index is 6.04. The first kappa shape index (κ1) is 20.4. The van der Waals surface area contributed by atoms with Crippen molar-refractivity contribution in [3.63, 3.8) is 0 Å². The number of para-hydroxylation sites is 1. The van der Waals surface area contributed by atoms with E-state index in [1.807, 2.05) is 6.07 Å². The molecule has 0 radical (unpaired) electrons. The van der Waals surface area contributed by atoms with Gasteiger partial charge in [-0.15, -0.1) is 0 Å². The fraction of sp³-hybridized carbons (Fsp3) is 0.310. The highest BCUT2D eigenvalue weighted by Crippen LogP contribution is 2.31. The van der Waals surface area contributed by atoms with Crippen LogP contribution < -0.4 is 9.64 Å². The molecule has 0 spiro atoms. The number of nitrogens with zero attached hydrogens (tertiary/aromatic N) is 2. The Morgan fingerprint density at radius 1 is 0.848 bits per heavy atom. The number of ether oxygens (including phenoxy) is 2. The summed E-state index contributed by atoms with van der Waals surface area (Å²) in [5.74, 6) is 1.46. The van der Waals surface area contributed by atoms with Crippen molar-refractivity contribution in [1.29, 1.82) is 0 Å². The van der Waals surface area contributed by atoms with Gasteiger partial charge in [0.1, 0.15) is 12.5 Å². The summed E-state index contributed by atoms with van der Waals surface area (Å²) in [7, 11) is 0. The van der Waals surface area contributed by atoms with Gasteiger partial charge in [-0.25, -0.2) is 0 Å². The predicted octanol–water partition coefficient (Wildman–Crippen LogP) is 5.59. The van der Waals surface area contributed by atoms with Gasteiger partial charge < -0.3 is 19.3 Å². The van der Waals surface area contributed by atoms with Crippen molar-refractivity contribution in [1.82, 2.24) is 4.90 Å². The molecular formula is C29H30N2O2. The largest absolute Gasteiger partial charge is 0.473 e. The molecule has 2 aromatic rings. The number of hydrogen-bond acceptors (Lipinski definition) is 4. The van der Waals surface area contributed by atoms with E-state index < -0.39 is 0 Å². The molecule has 168 valence electrons. The third-order valence-electron chi connectivity index (χ3n) is 7.11. The predicted molar refractivity (Wildman–Crippen MR) is 132 cm³/mol. The van der Waals surface area contributed by atoms with Crippen molar-refractivity contribution in [3.05, 3.63) is 107 Å². The van der Waals surface area contributed by atoms with Gasteiger partial charge in [0.15, 0.2) is 6.73 Å². The van der Waals surface area contributed by atoms with E-state index in [9.17, 15) is 0 Å². The quantitative estimate of drug-likeness (QED) is 0.621. The Bertz CT molecular complexity index is 1130. The van der Waals surface area contributed by atoms with E-state index in [0.717, 1.165) is 38.1 Å². The second-order valence-corrected chi connectivity index (χ2v) is 9.32. The average Bonchev–Trinajstić information content (AvgIpc) is 2.89. The molecule has 4 aliphatic rings. The third-order valence-corrected chi connectivity index (χ3v) is 7.11. The summed E-state index contributed by atoms with van der Waals surface area (Å²) in [4.78, 5) is 4.69. The number of fused-ring (bicyclic) bond motifs is 2. The Kier molecular flexibility index (Phi) is 5.53. The van der Waals surface area contributed by atoms with Crippen LogP contribution in [0.15, 0.2) is 96.3 Å². The van der Waals surface area contributed by atoms with Crippen molar-refractivity contribution in [2.45, 2.75) is 31.9 Å². The van der Waals surface area contributed by atoms with Crippen LogP contribution in [-0.2, 0) is 17.7 Å². The minimum atomic E-state index is 0.230. The van der Waals surface area contributed by atoms with Gasteiger partial charge in [0.2, 0.25) is 0 Å². The first-order valence-electron chi connectivity index (χ1n) is 12.0. The summed E-state index contributed by atoms with van der Waals surface area (Å²) >= 11 is 0. The molecule has 0 N–H and O–H groups in total. The lowest BCUT2D eigenvalue weighted by atomic mass is 9.94. The van der Waals surface area contributed by atoms with Crippen LogP contribution in [0.2, 0.25) is 0 Å². The molecular weight excluding hydrogens is 408 g/mol. The third kappa shape index (κ3) is 4.36. The fourth-order valence-electron chi connectivity index (χ4n) is 5.17.